The van der Waals surface area contributed by atoms with Gasteiger partial charge in [-0.05, 0) is 19.9 Å². The average Bonchev–Trinajstić information content (AvgIpc) is 2.03. The van der Waals surface area contributed by atoms with E-state index in [1.54, 1.807) is 6.92 Å². The molecule has 0 unspecified atom stereocenters. The van der Waals surface area contributed by atoms with Gasteiger partial charge in [0.05, 0.1) is 5.69 Å². The number of hydrogen-bond acceptors (Lipinski definition) is 3. The normalized spacial score (nSPS) is 10.3. The number of nitrogens with one attached hydrogen (secondary N) is 2. The molecule has 1 aromatic heterocycles. The summed E-state index contributed by atoms with van der Waals surface area (Å²) in [6.45, 7) is 5.50. The van der Waals surface area contributed by atoms with Crippen molar-refractivity contribution in [3.63, 3.8) is 0 Å². The highest BCUT2D eigenvalue weighted by atomic mass is 16.1. The Morgan fingerprint density at radius 3 is 3.00 bits per heavy atom. The molecule has 1 rings (SSSR count). The van der Waals surface area contributed by atoms with Crippen LogP contribution in [-0.4, -0.2) is 16.5 Å². The zero-order valence-electron chi connectivity index (χ0n) is 8.05. The van der Waals surface area contributed by atoms with Gasteiger partial charge in [-0.1, -0.05) is 6.92 Å². The molecule has 4 heteroatoms. The smallest absolute Gasteiger partial charge is 0.251 e. The Bertz CT molecular complexity index is 319. The van der Waals surface area contributed by atoms with Crippen molar-refractivity contribution in [2.24, 2.45) is 0 Å². The van der Waals surface area contributed by atoms with Gasteiger partial charge in [0.1, 0.15) is 5.82 Å². The molecule has 0 spiro atoms. The van der Waals surface area contributed by atoms with Crippen LogP contribution < -0.4 is 10.9 Å². The van der Waals surface area contributed by atoms with Crippen LogP contribution in [-0.2, 0) is 6.54 Å². The van der Waals surface area contributed by atoms with Crippen LogP contribution in [0.4, 0.5) is 0 Å². The lowest BCUT2D eigenvalue weighted by atomic mass is 10.3. The van der Waals surface area contributed by atoms with Gasteiger partial charge in [-0.15, -0.1) is 0 Å². The molecule has 0 radical (unpaired) electrons. The Kier molecular flexibility index (Phi) is 3.64. The van der Waals surface area contributed by atoms with E-state index in [0.29, 0.717) is 12.4 Å². The number of nitrogens with zero attached hydrogens (tertiary/aromatic N) is 1. The van der Waals surface area contributed by atoms with E-state index in [0.717, 1.165) is 18.7 Å². The molecule has 72 valence electrons. The minimum Gasteiger partial charge on any atom is -0.311 e. The predicted octanol–water partition coefficient (Wildman–Crippen LogP) is 0.578. The Balaban J connectivity index is 2.61. The van der Waals surface area contributed by atoms with Crippen molar-refractivity contribution >= 4 is 0 Å². The minimum absolute atomic E-state index is 0.0826. The van der Waals surface area contributed by atoms with Crippen molar-refractivity contribution in [1.29, 1.82) is 0 Å². The van der Waals surface area contributed by atoms with Crippen LogP contribution >= 0.6 is 0 Å². The first-order valence-electron chi connectivity index (χ1n) is 4.50. The Morgan fingerprint density at radius 2 is 2.38 bits per heavy atom. The molecule has 13 heavy (non-hydrogen) atoms. The standard InChI is InChI=1S/C9H15N3O/c1-3-4-10-6-8-5-9(13)12-7(2)11-8/h5,10H,3-4,6H2,1-2H3,(H,11,12,13). The quantitative estimate of drug-likeness (QED) is 0.668. The fourth-order valence-corrected chi connectivity index (χ4v) is 1.13. The van der Waals surface area contributed by atoms with Crippen molar-refractivity contribution in [2.75, 3.05) is 6.54 Å². The SMILES string of the molecule is CCCNCc1cc(=O)[nH]c(C)n1. The second-order valence-electron chi connectivity index (χ2n) is 3.00. The van der Waals surface area contributed by atoms with Crippen molar-refractivity contribution in [3.8, 4) is 0 Å². The summed E-state index contributed by atoms with van der Waals surface area (Å²) in [5.74, 6) is 0.667. The van der Waals surface area contributed by atoms with Gasteiger partial charge >= 0.3 is 0 Å². The third-order valence-corrected chi connectivity index (χ3v) is 1.65. The molecule has 0 amide bonds. The minimum atomic E-state index is -0.0826. The molecule has 0 aromatic carbocycles. The van der Waals surface area contributed by atoms with Crippen LogP contribution in [0.15, 0.2) is 10.9 Å². The molecule has 0 aliphatic carbocycles. The van der Waals surface area contributed by atoms with Gasteiger partial charge in [-0.3, -0.25) is 4.79 Å². The van der Waals surface area contributed by atoms with Crippen LogP contribution in [0.1, 0.15) is 24.9 Å². The number of aromatic nitrogens is 2. The summed E-state index contributed by atoms with van der Waals surface area (Å²) in [7, 11) is 0. The average molecular weight is 181 g/mol. The highest BCUT2D eigenvalue weighted by Gasteiger charge is 1.96. The Labute approximate surface area is 77.4 Å². The summed E-state index contributed by atoms with van der Waals surface area (Å²) < 4.78 is 0. The van der Waals surface area contributed by atoms with E-state index < -0.39 is 0 Å². The van der Waals surface area contributed by atoms with Gasteiger partial charge in [-0.2, -0.15) is 0 Å². The first kappa shape index (κ1) is 9.92. The van der Waals surface area contributed by atoms with Gasteiger partial charge in [-0.25, -0.2) is 4.98 Å². The molecule has 0 atom stereocenters. The van der Waals surface area contributed by atoms with Crippen molar-refractivity contribution in [2.45, 2.75) is 26.8 Å². The van der Waals surface area contributed by atoms with E-state index in [-0.39, 0.29) is 5.56 Å². The molecule has 0 saturated carbocycles. The third kappa shape index (κ3) is 3.38. The van der Waals surface area contributed by atoms with Crippen LogP contribution in [0.2, 0.25) is 0 Å². The highest BCUT2D eigenvalue weighted by Crippen LogP contribution is 1.89. The maximum Gasteiger partial charge on any atom is 0.251 e. The van der Waals surface area contributed by atoms with E-state index >= 15 is 0 Å². The second-order valence-corrected chi connectivity index (χ2v) is 3.00. The van der Waals surface area contributed by atoms with E-state index in [9.17, 15) is 4.79 Å². The topological polar surface area (TPSA) is 57.8 Å². The monoisotopic (exact) mass is 181 g/mol. The number of aryl methyl sites for hydroxylation is 1. The summed E-state index contributed by atoms with van der Waals surface area (Å²) in [6, 6.07) is 1.52. The molecular formula is C9H15N3O. The third-order valence-electron chi connectivity index (χ3n) is 1.65. The Hall–Kier alpha value is -1.16. The molecule has 0 fully saturated rings. The van der Waals surface area contributed by atoms with Gasteiger partial charge in [0, 0.05) is 12.6 Å². The molecule has 0 aliphatic heterocycles. The van der Waals surface area contributed by atoms with E-state index in [4.69, 9.17) is 0 Å². The molecule has 0 bridgehead atoms. The van der Waals surface area contributed by atoms with Crippen LogP contribution in [0.5, 0.6) is 0 Å². The number of rotatable bonds is 4. The van der Waals surface area contributed by atoms with Gasteiger partial charge in [0.25, 0.3) is 5.56 Å². The highest BCUT2D eigenvalue weighted by molar-refractivity contribution is 5.01. The number of aromatic amines is 1. The lowest BCUT2D eigenvalue weighted by Gasteiger charge is -2.02. The Morgan fingerprint density at radius 1 is 1.62 bits per heavy atom. The molecule has 0 saturated heterocycles. The molecule has 1 heterocycles. The largest absolute Gasteiger partial charge is 0.311 e. The van der Waals surface area contributed by atoms with Crippen molar-refractivity contribution < 1.29 is 0 Å². The molecule has 4 nitrogen and oxygen atoms in total. The summed E-state index contributed by atoms with van der Waals surface area (Å²) in [5.41, 5.74) is 0.718. The zero-order valence-corrected chi connectivity index (χ0v) is 8.05. The first-order valence-corrected chi connectivity index (χ1v) is 4.50. The fraction of sp³-hybridized carbons (Fsp3) is 0.556. The van der Waals surface area contributed by atoms with Gasteiger partial charge in [0.2, 0.25) is 0 Å². The summed E-state index contributed by atoms with van der Waals surface area (Å²) >= 11 is 0. The molecule has 2 N–H and O–H groups in total. The molecule has 0 aliphatic rings. The number of H-pyrrole nitrogens is 1. The van der Waals surface area contributed by atoms with E-state index in [2.05, 4.69) is 22.2 Å². The molecule has 1 aromatic rings. The maximum absolute atomic E-state index is 11.0. The van der Waals surface area contributed by atoms with Crippen molar-refractivity contribution in [3.05, 3.63) is 27.9 Å². The molecular weight excluding hydrogens is 166 g/mol. The van der Waals surface area contributed by atoms with Crippen LogP contribution in [0, 0.1) is 6.92 Å². The summed E-state index contributed by atoms with van der Waals surface area (Å²) in [4.78, 5) is 17.8. The second kappa shape index (κ2) is 4.77. The first-order chi connectivity index (χ1) is 6.22. The van der Waals surface area contributed by atoms with Gasteiger partial charge in [0.15, 0.2) is 0 Å². The summed E-state index contributed by atoms with van der Waals surface area (Å²) in [6.07, 6.45) is 1.09. The van der Waals surface area contributed by atoms with Crippen LogP contribution in [0.25, 0.3) is 0 Å². The zero-order chi connectivity index (χ0) is 9.68. The maximum atomic E-state index is 11.0. The fourth-order valence-electron chi connectivity index (χ4n) is 1.13. The van der Waals surface area contributed by atoms with Crippen molar-refractivity contribution in [1.82, 2.24) is 15.3 Å². The van der Waals surface area contributed by atoms with E-state index in [1.807, 2.05) is 0 Å². The van der Waals surface area contributed by atoms with Crippen LogP contribution in [0.3, 0.4) is 0 Å². The lowest BCUT2D eigenvalue weighted by Crippen LogP contribution is -2.18. The summed E-state index contributed by atoms with van der Waals surface area (Å²) in [5, 5.41) is 3.19. The van der Waals surface area contributed by atoms with Gasteiger partial charge < -0.3 is 10.3 Å². The lowest BCUT2D eigenvalue weighted by molar-refractivity contribution is 0.659. The van der Waals surface area contributed by atoms with E-state index in [1.165, 1.54) is 6.07 Å². The number of hydrogen-bond donors (Lipinski definition) is 2. The predicted molar refractivity (Wildman–Crippen MR) is 51.6 cm³/mol.